The smallest absolute Gasteiger partial charge is 0.307 e. The molecule has 2 atom stereocenters. The second-order valence-electron chi connectivity index (χ2n) is 23.6. The number of carbonyl (C=O) groups excluding carboxylic acids is 4. The van der Waals surface area contributed by atoms with Gasteiger partial charge in [0.25, 0.3) is 0 Å². The minimum Gasteiger partial charge on any atom is -0.507 e. The SMILES string of the molecule is Cc1cc(CCC(=O)OCC(OC(=O)CCc2cc(C)c(O)c(C(C)(C)C)c2)SC(COC(=O)CCc2cc(C)c(O)c(C(C)(C)C)c2)OC(=O)CCc2cc(C)c(O)c(C(C)(C)C)c2)cc(C(C)(C)C)c1O. The zero-order valence-electron chi connectivity index (χ0n) is 46.3. The molecular formula is C60H82O12S. The molecule has 4 aromatic carbocycles. The number of hydrogen-bond donors (Lipinski definition) is 4. The largest absolute Gasteiger partial charge is 0.507 e. The Morgan fingerprint density at radius 3 is 0.836 bits per heavy atom. The molecule has 0 saturated heterocycles. The van der Waals surface area contributed by atoms with Gasteiger partial charge in [0.1, 0.15) is 36.2 Å². The van der Waals surface area contributed by atoms with Gasteiger partial charge in [-0.05, 0) is 142 Å². The first-order valence-corrected chi connectivity index (χ1v) is 26.3. The number of phenols is 4. The fourth-order valence-electron chi connectivity index (χ4n) is 8.52. The van der Waals surface area contributed by atoms with E-state index in [-0.39, 0.29) is 83.2 Å². The normalized spacial score (nSPS) is 13.0. The molecule has 0 fully saturated rings. The van der Waals surface area contributed by atoms with Crippen LogP contribution >= 0.6 is 11.8 Å². The molecule has 4 aromatic rings. The first kappa shape index (κ1) is 59.9. The van der Waals surface area contributed by atoms with Crippen LogP contribution in [0.3, 0.4) is 0 Å². The summed E-state index contributed by atoms with van der Waals surface area (Å²) < 4.78 is 23.5. The zero-order chi connectivity index (χ0) is 55.0. The van der Waals surface area contributed by atoms with Crippen LogP contribution in [0.4, 0.5) is 0 Å². The monoisotopic (exact) mass is 1030 g/mol. The second kappa shape index (κ2) is 24.6. The highest BCUT2D eigenvalue weighted by molar-refractivity contribution is 8.00. The number of carbonyl (C=O) groups is 4. The Hall–Kier alpha value is -5.69. The fourth-order valence-corrected chi connectivity index (χ4v) is 9.47. The molecule has 0 amide bonds. The van der Waals surface area contributed by atoms with Crippen molar-refractivity contribution in [3.8, 4) is 23.0 Å². The Bertz CT molecular complexity index is 2440. The summed E-state index contributed by atoms with van der Waals surface area (Å²) in [6.07, 6.45) is 1.04. The third kappa shape index (κ3) is 17.7. The third-order valence-corrected chi connectivity index (χ3v) is 13.8. The van der Waals surface area contributed by atoms with Gasteiger partial charge >= 0.3 is 23.9 Å². The maximum Gasteiger partial charge on any atom is 0.307 e. The molecule has 0 radical (unpaired) electrons. The first-order chi connectivity index (χ1) is 33.6. The average Bonchev–Trinajstić information content (AvgIpc) is 3.26. The first-order valence-electron chi connectivity index (χ1n) is 25.3. The summed E-state index contributed by atoms with van der Waals surface area (Å²) in [5, 5.41) is 43.1. The van der Waals surface area contributed by atoms with Gasteiger partial charge in [0.2, 0.25) is 0 Å². The Labute approximate surface area is 438 Å². The summed E-state index contributed by atoms with van der Waals surface area (Å²) in [5.41, 5.74) is 5.27. The molecule has 0 aromatic heterocycles. The number of thioether (sulfide) groups is 1. The summed E-state index contributed by atoms with van der Waals surface area (Å²) in [6, 6.07) is 14.8. The average molecular weight is 1030 g/mol. The van der Waals surface area contributed by atoms with Crippen LogP contribution in [-0.4, -0.2) is 68.4 Å². The van der Waals surface area contributed by atoms with Gasteiger partial charge in [0.05, 0.1) is 0 Å². The van der Waals surface area contributed by atoms with Gasteiger partial charge in [-0.1, -0.05) is 143 Å². The summed E-state index contributed by atoms with van der Waals surface area (Å²) in [4.78, 5) is 54.4. The lowest BCUT2D eigenvalue weighted by Gasteiger charge is -2.24. The maximum atomic E-state index is 13.7. The van der Waals surface area contributed by atoms with Crippen molar-refractivity contribution in [2.24, 2.45) is 0 Å². The number of aryl methyl sites for hydroxylation is 8. The molecule has 400 valence electrons. The van der Waals surface area contributed by atoms with Crippen molar-refractivity contribution in [1.29, 1.82) is 0 Å². The van der Waals surface area contributed by atoms with Crippen molar-refractivity contribution in [3.05, 3.63) is 115 Å². The van der Waals surface area contributed by atoms with Crippen LogP contribution in [-0.2, 0) is 85.5 Å². The van der Waals surface area contributed by atoms with E-state index in [4.69, 9.17) is 18.9 Å². The molecule has 4 rings (SSSR count). The molecule has 0 aliphatic carbocycles. The van der Waals surface area contributed by atoms with E-state index in [2.05, 4.69) is 0 Å². The zero-order valence-corrected chi connectivity index (χ0v) is 47.1. The lowest BCUT2D eigenvalue weighted by Crippen LogP contribution is -2.30. The number of hydrogen-bond acceptors (Lipinski definition) is 13. The number of phenolic OH excluding ortho intramolecular Hbond substituents is 4. The number of benzene rings is 4. The van der Waals surface area contributed by atoms with Gasteiger partial charge in [-0.3, -0.25) is 19.2 Å². The Morgan fingerprint density at radius 2 is 0.616 bits per heavy atom. The number of ether oxygens (including phenoxy) is 4. The quantitative estimate of drug-likeness (QED) is 0.0373. The topological polar surface area (TPSA) is 186 Å². The number of rotatable bonds is 20. The molecule has 73 heavy (non-hydrogen) atoms. The summed E-state index contributed by atoms with van der Waals surface area (Å²) in [5.74, 6) is -1.56. The molecular weight excluding hydrogens is 945 g/mol. The number of aromatic hydroxyl groups is 4. The van der Waals surface area contributed by atoms with Crippen LogP contribution < -0.4 is 0 Å². The van der Waals surface area contributed by atoms with Gasteiger partial charge in [-0.25, -0.2) is 0 Å². The van der Waals surface area contributed by atoms with Crippen LogP contribution in [0.2, 0.25) is 0 Å². The van der Waals surface area contributed by atoms with Crippen LogP contribution in [0.1, 0.15) is 176 Å². The highest BCUT2D eigenvalue weighted by Crippen LogP contribution is 2.38. The highest BCUT2D eigenvalue weighted by atomic mass is 32.2. The van der Waals surface area contributed by atoms with Gasteiger partial charge in [0, 0.05) is 25.7 Å². The highest BCUT2D eigenvalue weighted by Gasteiger charge is 2.29. The fraction of sp³-hybridized carbons (Fsp3) is 0.533. The van der Waals surface area contributed by atoms with E-state index in [9.17, 15) is 39.6 Å². The van der Waals surface area contributed by atoms with Gasteiger partial charge < -0.3 is 39.4 Å². The Balaban J connectivity index is 1.60. The third-order valence-electron chi connectivity index (χ3n) is 12.7. The molecule has 2 unspecified atom stereocenters. The molecule has 0 bridgehead atoms. The van der Waals surface area contributed by atoms with Gasteiger partial charge in [0.15, 0.2) is 10.9 Å². The van der Waals surface area contributed by atoms with Crippen molar-refractivity contribution >= 4 is 35.6 Å². The Morgan fingerprint density at radius 1 is 0.397 bits per heavy atom. The van der Waals surface area contributed by atoms with E-state index in [1.54, 1.807) is 13.8 Å². The predicted molar refractivity (Wildman–Crippen MR) is 289 cm³/mol. The van der Waals surface area contributed by atoms with E-state index in [0.29, 0.717) is 35.1 Å². The lowest BCUT2D eigenvalue weighted by molar-refractivity contribution is -0.155. The molecule has 12 nitrogen and oxygen atoms in total. The molecule has 0 saturated carbocycles. The van der Waals surface area contributed by atoms with E-state index >= 15 is 0 Å². The van der Waals surface area contributed by atoms with Crippen molar-refractivity contribution in [2.45, 2.75) is 195 Å². The van der Waals surface area contributed by atoms with Crippen molar-refractivity contribution < 1.29 is 58.6 Å². The summed E-state index contributed by atoms with van der Waals surface area (Å²) in [6.45, 7) is 30.4. The van der Waals surface area contributed by atoms with Crippen LogP contribution in [0.5, 0.6) is 23.0 Å². The lowest BCUT2D eigenvalue weighted by atomic mass is 9.83. The minimum atomic E-state index is -1.20. The van der Waals surface area contributed by atoms with E-state index < -0.39 is 48.0 Å². The summed E-state index contributed by atoms with van der Waals surface area (Å²) >= 11 is 0.877. The van der Waals surface area contributed by atoms with Crippen LogP contribution in [0, 0.1) is 27.7 Å². The minimum absolute atomic E-state index is 0.0169. The summed E-state index contributed by atoms with van der Waals surface area (Å²) in [7, 11) is 0. The molecule has 0 aliphatic heterocycles. The second-order valence-corrected chi connectivity index (χ2v) is 24.9. The molecule has 0 aliphatic rings. The standard InChI is InChI=1S/C60H82O12S/c1-35-25-39(29-43(53(35)65)57(5,6)7)17-21-47(61)69-33-51(71-49(63)23-19-41-27-37(3)55(67)45(31-41)59(11,12)13)73-52(72-50(64)24-20-42-28-38(4)56(68)46(32-42)60(14,15)16)34-70-48(62)22-18-40-26-36(2)54(66)44(30-40)58(8,9)10/h25-32,51-52,65-68H,17-24,33-34H2,1-16H3. The molecule has 4 N–H and O–H groups in total. The van der Waals surface area contributed by atoms with Gasteiger partial charge in [-0.2, -0.15) is 0 Å². The van der Waals surface area contributed by atoms with Gasteiger partial charge in [-0.15, -0.1) is 0 Å². The molecule has 0 heterocycles. The van der Waals surface area contributed by atoms with Crippen LogP contribution in [0.25, 0.3) is 0 Å². The Kier molecular flexibility index (Phi) is 20.1. The van der Waals surface area contributed by atoms with E-state index in [0.717, 1.165) is 56.3 Å². The molecule has 0 spiro atoms. The van der Waals surface area contributed by atoms with Crippen molar-refractivity contribution in [1.82, 2.24) is 0 Å². The van der Waals surface area contributed by atoms with Crippen molar-refractivity contribution in [2.75, 3.05) is 13.2 Å². The molecule has 13 heteroatoms. The van der Waals surface area contributed by atoms with Crippen molar-refractivity contribution in [3.63, 3.8) is 0 Å². The number of esters is 4. The van der Waals surface area contributed by atoms with E-state index in [1.165, 1.54) is 0 Å². The maximum absolute atomic E-state index is 13.7. The van der Waals surface area contributed by atoms with Crippen LogP contribution in [0.15, 0.2) is 48.5 Å². The predicted octanol–water partition coefficient (Wildman–Crippen LogP) is 12.3. The van der Waals surface area contributed by atoms with E-state index in [1.807, 2.05) is 145 Å².